The molecule has 1 fully saturated rings. The van der Waals surface area contributed by atoms with Crippen LogP contribution in [0.3, 0.4) is 0 Å². The van der Waals surface area contributed by atoms with Crippen molar-refractivity contribution < 1.29 is 4.52 Å². The summed E-state index contributed by atoms with van der Waals surface area (Å²) in [4.78, 5) is 4.53. The predicted octanol–water partition coefficient (Wildman–Crippen LogP) is 2.51. The van der Waals surface area contributed by atoms with Gasteiger partial charge in [0, 0.05) is 11.5 Å². The molecule has 0 saturated carbocycles. The van der Waals surface area contributed by atoms with Crippen molar-refractivity contribution in [2.24, 2.45) is 0 Å². The van der Waals surface area contributed by atoms with Gasteiger partial charge in [0.05, 0.1) is 0 Å². The molecule has 4 heteroatoms. The number of hydrogen-bond donors (Lipinski definition) is 1. The van der Waals surface area contributed by atoms with Gasteiger partial charge in [-0.05, 0) is 45.0 Å². The van der Waals surface area contributed by atoms with Crippen molar-refractivity contribution >= 4 is 0 Å². The Hall–Kier alpha value is -1.68. The summed E-state index contributed by atoms with van der Waals surface area (Å²) in [5.74, 6) is 1.92. The van der Waals surface area contributed by atoms with E-state index in [9.17, 15) is 0 Å². The molecule has 18 heavy (non-hydrogen) atoms. The van der Waals surface area contributed by atoms with Crippen molar-refractivity contribution in [1.82, 2.24) is 15.5 Å². The Morgan fingerprint density at radius 3 is 2.61 bits per heavy atom. The van der Waals surface area contributed by atoms with E-state index in [-0.39, 0.29) is 0 Å². The smallest absolute Gasteiger partial charge is 0.257 e. The van der Waals surface area contributed by atoms with Crippen LogP contribution in [0.2, 0.25) is 0 Å². The number of aryl methyl sites for hydroxylation is 1. The van der Waals surface area contributed by atoms with Gasteiger partial charge in [0.2, 0.25) is 0 Å². The fourth-order valence-electron chi connectivity index (χ4n) is 2.29. The molecule has 1 aromatic carbocycles. The number of nitrogens with one attached hydrogen (secondary N) is 1. The molecule has 1 saturated heterocycles. The highest BCUT2D eigenvalue weighted by Crippen LogP contribution is 2.25. The summed E-state index contributed by atoms with van der Waals surface area (Å²) in [6.45, 7) is 4.15. The molecule has 94 valence electrons. The molecular formula is C14H17N3O. The van der Waals surface area contributed by atoms with E-state index in [4.69, 9.17) is 4.52 Å². The molecule has 0 amide bonds. The summed E-state index contributed by atoms with van der Waals surface area (Å²) >= 11 is 0. The van der Waals surface area contributed by atoms with Crippen molar-refractivity contribution in [2.75, 3.05) is 13.1 Å². The quantitative estimate of drug-likeness (QED) is 0.880. The Balaban J connectivity index is 1.82. The highest BCUT2D eigenvalue weighted by molar-refractivity contribution is 5.53. The summed E-state index contributed by atoms with van der Waals surface area (Å²) in [6, 6.07) is 8.16. The van der Waals surface area contributed by atoms with Gasteiger partial charge in [-0.3, -0.25) is 0 Å². The molecule has 2 heterocycles. The maximum absolute atomic E-state index is 5.36. The zero-order chi connectivity index (χ0) is 12.4. The minimum Gasteiger partial charge on any atom is -0.334 e. The highest BCUT2D eigenvalue weighted by atomic mass is 16.5. The lowest BCUT2D eigenvalue weighted by Gasteiger charge is -2.18. The summed E-state index contributed by atoms with van der Waals surface area (Å²) in [6.07, 6.45) is 2.18. The van der Waals surface area contributed by atoms with E-state index in [1.54, 1.807) is 0 Å². The molecule has 0 radical (unpaired) electrons. The Morgan fingerprint density at radius 1 is 1.17 bits per heavy atom. The summed E-state index contributed by atoms with van der Waals surface area (Å²) in [7, 11) is 0. The average molecular weight is 243 g/mol. The molecule has 3 rings (SSSR count). The van der Waals surface area contributed by atoms with Crippen LogP contribution in [-0.2, 0) is 0 Å². The third kappa shape index (κ3) is 2.29. The molecule has 1 N–H and O–H groups in total. The second kappa shape index (κ2) is 4.90. The van der Waals surface area contributed by atoms with E-state index in [1.807, 2.05) is 12.1 Å². The summed E-state index contributed by atoms with van der Waals surface area (Å²) in [5.41, 5.74) is 2.23. The first-order chi connectivity index (χ1) is 8.83. The Bertz CT molecular complexity index is 512. The van der Waals surface area contributed by atoms with Gasteiger partial charge in [-0.1, -0.05) is 22.9 Å². The highest BCUT2D eigenvalue weighted by Gasteiger charge is 2.20. The standard InChI is InChI=1S/C14H17N3O/c1-10-2-4-12(5-3-10)14-16-13(17-18-14)11-6-8-15-9-7-11/h2-5,11,15H,6-9H2,1H3. The van der Waals surface area contributed by atoms with Crippen LogP contribution in [0.5, 0.6) is 0 Å². The summed E-state index contributed by atoms with van der Waals surface area (Å²) < 4.78 is 5.36. The molecule has 1 aromatic heterocycles. The fourth-order valence-corrected chi connectivity index (χ4v) is 2.29. The van der Waals surface area contributed by atoms with Gasteiger partial charge in [0.25, 0.3) is 5.89 Å². The Morgan fingerprint density at radius 2 is 1.89 bits per heavy atom. The predicted molar refractivity (Wildman–Crippen MR) is 69.3 cm³/mol. The van der Waals surface area contributed by atoms with Crippen molar-refractivity contribution in [3.05, 3.63) is 35.7 Å². The monoisotopic (exact) mass is 243 g/mol. The van der Waals surface area contributed by atoms with E-state index >= 15 is 0 Å². The van der Waals surface area contributed by atoms with Crippen LogP contribution in [0.25, 0.3) is 11.5 Å². The third-order valence-corrected chi connectivity index (χ3v) is 3.44. The number of piperidine rings is 1. The van der Waals surface area contributed by atoms with Crippen molar-refractivity contribution in [3.8, 4) is 11.5 Å². The third-order valence-electron chi connectivity index (χ3n) is 3.44. The van der Waals surface area contributed by atoms with Crippen LogP contribution in [0.1, 0.15) is 30.1 Å². The van der Waals surface area contributed by atoms with Crippen molar-refractivity contribution in [1.29, 1.82) is 0 Å². The zero-order valence-electron chi connectivity index (χ0n) is 10.5. The Labute approximate surface area is 106 Å². The van der Waals surface area contributed by atoms with E-state index in [2.05, 4.69) is 34.5 Å². The molecule has 0 bridgehead atoms. The molecule has 0 atom stereocenters. The molecule has 1 aliphatic heterocycles. The van der Waals surface area contributed by atoms with Crippen LogP contribution < -0.4 is 5.32 Å². The van der Waals surface area contributed by atoms with Gasteiger partial charge in [-0.2, -0.15) is 4.98 Å². The van der Waals surface area contributed by atoms with Gasteiger partial charge < -0.3 is 9.84 Å². The molecular weight excluding hydrogens is 226 g/mol. The van der Waals surface area contributed by atoms with Crippen molar-refractivity contribution in [3.63, 3.8) is 0 Å². The maximum Gasteiger partial charge on any atom is 0.257 e. The largest absolute Gasteiger partial charge is 0.334 e. The molecule has 1 aliphatic rings. The molecule has 0 aliphatic carbocycles. The van der Waals surface area contributed by atoms with Crippen LogP contribution in [0.15, 0.2) is 28.8 Å². The SMILES string of the molecule is Cc1ccc(-c2nc(C3CCNCC3)no2)cc1. The van der Waals surface area contributed by atoms with Crippen molar-refractivity contribution in [2.45, 2.75) is 25.7 Å². The Kier molecular flexibility index (Phi) is 3.11. The van der Waals surface area contributed by atoms with Gasteiger partial charge in [-0.25, -0.2) is 0 Å². The number of benzene rings is 1. The molecule has 0 spiro atoms. The molecule has 0 unspecified atom stereocenters. The van der Waals surface area contributed by atoms with Crippen LogP contribution >= 0.6 is 0 Å². The summed E-state index contributed by atoms with van der Waals surface area (Å²) in [5, 5.41) is 7.47. The topological polar surface area (TPSA) is 51.0 Å². The first-order valence-electron chi connectivity index (χ1n) is 6.44. The van der Waals surface area contributed by atoms with Crippen LogP contribution in [0, 0.1) is 6.92 Å². The second-order valence-electron chi connectivity index (χ2n) is 4.85. The lowest BCUT2D eigenvalue weighted by Crippen LogP contribution is -2.27. The first kappa shape index (κ1) is 11.4. The van der Waals surface area contributed by atoms with Gasteiger partial charge in [0.1, 0.15) is 0 Å². The number of nitrogens with zero attached hydrogens (tertiary/aromatic N) is 2. The van der Waals surface area contributed by atoms with E-state index in [0.717, 1.165) is 37.3 Å². The normalized spacial score (nSPS) is 16.9. The maximum atomic E-state index is 5.36. The number of rotatable bonds is 2. The molecule has 4 nitrogen and oxygen atoms in total. The fraction of sp³-hybridized carbons (Fsp3) is 0.429. The minimum absolute atomic E-state index is 0.439. The van der Waals surface area contributed by atoms with Gasteiger partial charge >= 0.3 is 0 Å². The zero-order valence-corrected chi connectivity index (χ0v) is 10.5. The van der Waals surface area contributed by atoms with Crippen LogP contribution in [0.4, 0.5) is 0 Å². The minimum atomic E-state index is 0.439. The number of hydrogen-bond acceptors (Lipinski definition) is 4. The molecule has 2 aromatic rings. The van der Waals surface area contributed by atoms with Crippen LogP contribution in [-0.4, -0.2) is 23.2 Å². The van der Waals surface area contributed by atoms with E-state index in [1.165, 1.54) is 5.56 Å². The number of aromatic nitrogens is 2. The van der Waals surface area contributed by atoms with E-state index in [0.29, 0.717) is 11.8 Å². The van der Waals surface area contributed by atoms with Gasteiger partial charge in [0.15, 0.2) is 5.82 Å². The van der Waals surface area contributed by atoms with Gasteiger partial charge in [-0.15, -0.1) is 0 Å². The lowest BCUT2D eigenvalue weighted by atomic mass is 9.98. The lowest BCUT2D eigenvalue weighted by molar-refractivity contribution is 0.392. The average Bonchev–Trinajstić information content (AvgIpc) is 2.90. The first-order valence-corrected chi connectivity index (χ1v) is 6.44. The second-order valence-corrected chi connectivity index (χ2v) is 4.85. The van der Waals surface area contributed by atoms with E-state index < -0.39 is 0 Å².